The number of sulfonamides is 1. The number of nitrogens with one attached hydrogen (secondary N) is 1. The Kier molecular flexibility index (Phi) is 5.96. The second-order valence-corrected chi connectivity index (χ2v) is 8.44. The van der Waals surface area contributed by atoms with E-state index in [0.717, 1.165) is 26.4 Å². The van der Waals surface area contributed by atoms with Crippen molar-refractivity contribution >= 4 is 26.7 Å². The van der Waals surface area contributed by atoms with Crippen molar-refractivity contribution in [3.63, 3.8) is 0 Å². The summed E-state index contributed by atoms with van der Waals surface area (Å²) < 4.78 is 31.2. The van der Waals surface area contributed by atoms with E-state index in [1.807, 2.05) is 36.4 Å². The molecule has 1 amide bonds. The Morgan fingerprint density at radius 2 is 1.68 bits per heavy atom. The molecule has 3 aromatic rings. The monoisotopic (exact) mass is 398 g/mol. The lowest BCUT2D eigenvalue weighted by atomic mass is 10.1. The molecule has 0 saturated heterocycles. The van der Waals surface area contributed by atoms with Crippen molar-refractivity contribution in [2.75, 3.05) is 20.7 Å². The molecule has 0 aliphatic carbocycles. The van der Waals surface area contributed by atoms with E-state index in [9.17, 15) is 13.2 Å². The standard InChI is InChI=1S/C21H22N2O4S/c1-23(28(25,26)20-6-4-3-5-7-20)15-21(24)22-14-16-8-9-18-13-19(27-2)11-10-17(18)12-16/h3-13H,14-15H2,1-2H3,(H,22,24). The third-order valence-electron chi connectivity index (χ3n) is 4.42. The minimum absolute atomic E-state index is 0.162. The first kappa shape index (κ1) is 19.9. The van der Waals surface area contributed by atoms with E-state index in [1.165, 1.54) is 19.2 Å². The zero-order valence-corrected chi connectivity index (χ0v) is 16.6. The minimum Gasteiger partial charge on any atom is -0.497 e. The van der Waals surface area contributed by atoms with E-state index >= 15 is 0 Å². The molecule has 0 aliphatic heterocycles. The molecule has 7 heteroatoms. The van der Waals surface area contributed by atoms with Gasteiger partial charge in [-0.3, -0.25) is 4.79 Å². The molecule has 0 aromatic heterocycles. The van der Waals surface area contributed by atoms with Crippen LogP contribution in [0.25, 0.3) is 10.8 Å². The summed E-state index contributed by atoms with van der Waals surface area (Å²) in [5.74, 6) is 0.424. The van der Waals surface area contributed by atoms with E-state index in [0.29, 0.717) is 6.54 Å². The quantitative estimate of drug-likeness (QED) is 0.664. The summed E-state index contributed by atoms with van der Waals surface area (Å²) in [5, 5.41) is 4.85. The van der Waals surface area contributed by atoms with Crippen LogP contribution in [-0.4, -0.2) is 39.3 Å². The molecule has 0 heterocycles. The molecular weight excluding hydrogens is 376 g/mol. The molecule has 6 nitrogen and oxygen atoms in total. The molecular formula is C21H22N2O4S. The number of nitrogens with zero attached hydrogens (tertiary/aromatic N) is 1. The van der Waals surface area contributed by atoms with Crippen molar-refractivity contribution < 1.29 is 17.9 Å². The van der Waals surface area contributed by atoms with Gasteiger partial charge in [-0.25, -0.2) is 8.42 Å². The highest BCUT2D eigenvalue weighted by atomic mass is 32.2. The SMILES string of the molecule is COc1ccc2cc(CNC(=O)CN(C)S(=O)(=O)c3ccccc3)ccc2c1. The molecule has 3 aromatic carbocycles. The van der Waals surface area contributed by atoms with Crippen LogP contribution in [0, 0.1) is 0 Å². The number of amides is 1. The number of carbonyl (C=O) groups excluding carboxylic acids is 1. The van der Waals surface area contributed by atoms with Gasteiger partial charge >= 0.3 is 0 Å². The van der Waals surface area contributed by atoms with Crippen LogP contribution in [0.15, 0.2) is 71.6 Å². The van der Waals surface area contributed by atoms with Crippen LogP contribution in [0.3, 0.4) is 0 Å². The predicted molar refractivity (Wildman–Crippen MR) is 109 cm³/mol. The highest BCUT2D eigenvalue weighted by Gasteiger charge is 2.22. The maximum atomic E-state index is 12.5. The highest BCUT2D eigenvalue weighted by Crippen LogP contribution is 2.21. The molecule has 1 N–H and O–H groups in total. The van der Waals surface area contributed by atoms with Crippen molar-refractivity contribution in [2.45, 2.75) is 11.4 Å². The molecule has 28 heavy (non-hydrogen) atoms. The van der Waals surface area contributed by atoms with Gasteiger partial charge in [-0.1, -0.05) is 36.4 Å². The zero-order chi connectivity index (χ0) is 20.1. The molecule has 0 aliphatic rings. The van der Waals surface area contributed by atoms with Gasteiger partial charge < -0.3 is 10.1 Å². The summed E-state index contributed by atoms with van der Waals surface area (Å²) in [6, 6.07) is 19.7. The van der Waals surface area contributed by atoms with Gasteiger partial charge in [0.05, 0.1) is 18.6 Å². The third kappa shape index (κ3) is 4.49. The molecule has 0 atom stereocenters. The Bertz CT molecular complexity index is 1080. The lowest BCUT2D eigenvalue weighted by Gasteiger charge is -2.17. The Labute approximate surface area is 164 Å². The van der Waals surface area contributed by atoms with E-state index in [2.05, 4.69) is 5.32 Å². The van der Waals surface area contributed by atoms with Crippen LogP contribution in [0.5, 0.6) is 5.75 Å². The maximum absolute atomic E-state index is 12.5. The number of fused-ring (bicyclic) bond motifs is 1. The largest absolute Gasteiger partial charge is 0.497 e. The van der Waals surface area contributed by atoms with Gasteiger partial charge in [0.1, 0.15) is 5.75 Å². The summed E-state index contributed by atoms with van der Waals surface area (Å²) in [4.78, 5) is 12.4. The van der Waals surface area contributed by atoms with Crippen molar-refractivity contribution in [3.05, 3.63) is 72.3 Å². The number of hydrogen-bond acceptors (Lipinski definition) is 4. The number of hydrogen-bond donors (Lipinski definition) is 1. The maximum Gasteiger partial charge on any atom is 0.243 e. The van der Waals surface area contributed by atoms with Gasteiger partial charge in [0, 0.05) is 13.6 Å². The Balaban J connectivity index is 1.61. The molecule has 0 fully saturated rings. The van der Waals surface area contributed by atoms with Crippen molar-refractivity contribution in [3.8, 4) is 5.75 Å². The number of ether oxygens (including phenoxy) is 1. The molecule has 0 saturated carbocycles. The Morgan fingerprint density at radius 1 is 1.00 bits per heavy atom. The van der Waals surface area contributed by atoms with Crippen LogP contribution in [0.1, 0.15) is 5.56 Å². The summed E-state index contributed by atoms with van der Waals surface area (Å²) in [7, 11) is -0.673. The van der Waals surface area contributed by atoms with Gasteiger partial charge in [0.25, 0.3) is 0 Å². The summed E-state index contributed by atoms with van der Waals surface area (Å²) in [6.07, 6.45) is 0. The average Bonchev–Trinajstić information content (AvgIpc) is 2.72. The fourth-order valence-electron chi connectivity index (χ4n) is 2.83. The summed E-state index contributed by atoms with van der Waals surface area (Å²) in [6.45, 7) is 0.0715. The van der Waals surface area contributed by atoms with Gasteiger partial charge in [-0.15, -0.1) is 0 Å². The normalized spacial score (nSPS) is 11.5. The topological polar surface area (TPSA) is 75.7 Å². The first-order valence-corrected chi connectivity index (χ1v) is 10.2. The molecule has 0 radical (unpaired) electrons. The second kappa shape index (κ2) is 8.41. The molecule has 146 valence electrons. The van der Waals surface area contributed by atoms with Crippen molar-refractivity contribution in [1.29, 1.82) is 0 Å². The van der Waals surface area contributed by atoms with Crippen LogP contribution in [0.4, 0.5) is 0 Å². The predicted octanol–water partition coefficient (Wildman–Crippen LogP) is 2.79. The van der Waals surface area contributed by atoms with Crippen molar-refractivity contribution in [1.82, 2.24) is 9.62 Å². The first-order valence-electron chi connectivity index (χ1n) is 8.75. The smallest absolute Gasteiger partial charge is 0.243 e. The minimum atomic E-state index is -3.69. The highest BCUT2D eigenvalue weighted by molar-refractivity contribution is 7.89. The molecule has 0 bridgehead atoms. The fraction of sp³-hybridized carbons (Fsp3) is 0.190. The molecule has 0 spiro atoms. The number of methoxy groups -OCH3 is 1. The number of likely N-dealkylation sites (N-methyl/N-ethyl adjacent to an activating group) is 1. The van der Waals surface area contributed by atoms with E-state index < -0.39 is 10.0 Å². The summed E-state index contributed by atoms with van der Waals surface area (Å²) in [5.41, 5.74) is 0.930. The summed E-state index contributed by atoms with van der Waals surface area (Å²) >= 11 is 0. The molecule has 0 unspecified atom stereocenters. The number of rotatable bonds is 7. The lowest BCUT2D eigenvalue weighted by Crippen LogP contribution is -2.38. The van der Waals surface area contributed by atoms with Crippen LogP contribution in [-0.2, 0) is 21.4 Å². The third-order valence-corrected chi connectivity index (χ3v) is 6.24. The first-order chi connectivity index (χ1) is 13.4. The van der Waals surface area contributed by atoms with Gasteiger partial charge in [0.2, 0.25) is 15.9 Å². The lowest BCUT2D eigenvalue weighted by molar-refractivity contribution is -0.121. The van der Waals surface area contributed by atoms with E-state index in [1.54, 1.807) is 25.3 Å². The second-order valence-electron chi connectivity index (χ2n) is 6.40. The van der Waals surface area contributed by atoms with Crippen LogP contribution < -0.4 is 10.1 Å². The number of benzene rings is 3. The van der Waals surface area contributed by atoms with E-state index in [4.69, 9.17) is 4.74 Å². The Morgan fingerprint density at radius 3 is 2.39 bits per heavy atom. The average molecular weight is 398 g/mol. The fourth-order valence-corrected chi connectivity index (χ4v) is 3.97. The van der Waals surface area contributed by atoms with Crippen molar-refractivity contribution in [2.24, 2.45) is 0 Å². The van der Waals surface area contributed by atoms with Crippen LogP contribution in [0.2, 0.25) is 0 Å². The Hall–Kier alpha value is -2.90. The zero-order valence-electron chi connectivity index (χ0n) is 15.8. The van der Waals surface area contributed by atoms with Gasteiger partial charge in [0.15, 0.2) is 0 Å². The van der Waals surface area contributed by atoms with E-state index in [-0.39, 0.29) is 17.3 Å². The van der Waals surface area contributed by atoms with Gasteiger partial charge in [-0.2, -0.15) is 4.31 Å². The van der Waals surface area contributed by atoms with Gasteiger partial charge in [-0.05, 0) is 46.7 Å². The number of carbonyl (C=O) groups is 1. The van der Waals surface area contributed by atoms with Crippen LogP contribution >= 0.6 is 0 Å². The molecule has 3 rings (SSSR count).